The van der Waals surface area contributed by atoms with Crippen LogP contribution in [0.1, 0.15) is 28.8 Å². The molecular formula is C12H15ClN2OS. The maximum atomic E-state index is 11.8. The molecule has 1 aromatic carbocycles. The Morgan fingerprint density at radius 2 is 2.24 bits per heavy atom. The summed E-state index contributed by atoms with van der Waals surface area (Å²) in [4.78, 5) is 12.3. The van der Waals surface area contributed by atoms with Crippen LogP contribution < -0.4 is 11.1 Å². The number of amides is 1. The van der Waals surface area contributed by atoms with Crippen LogP contribution in [0, 0.1) is 6.92 Å². The van der Waals surface area contributed by atoms with Crippen molar-refractivity contribution in [2.45, 2.75) is 19.8 Å². The molecule has 0 aromatic heterocycles. The standard InChI is InChI=1S/C12H15ClN2OS/c1-8-4-5-9(13)7-10(8)12(16)15-6-2-3-11(14)17/h4-5,7H,2-3,6H2,1H3,(H2,14,17)(H,15,16). The maximum absolute atomic E-state index is 11.8. The first-order chi connectivity index (χ1) is 8.00. The molecule has 0 heterocycles. The van der Waals surface area contributed by atoms with E-state index in [1.54, 1.807) is 12.1 Å². The van der Waals surface area contributed by atoms with Gasteiger partial charge in [-0.1, -0.05) is 29.9 Å². The molecule has 0 aliphatic rings. The highest BCUT2D eigenvalue weighted by Gasteiger charge is 2.08. The van der Waals surface area contributed by atoms with E-state index in [-0.39, 0.29) is 5.91 Å². The van der Waals surface area contributed by atoms with Crippen LogP contribution in [-0.4, -0.2) is 17.4 Å². The second-order valence-corrected chi connectivity index (χ2v) is 4.75. The van der Waals surface area contributed by atoms with Gasteiger partial charge in [0, 0.05) is 17.1 Å². The van der Waals surface area contributed by atoms with Crippen molar-refractivity contribution in [2.75, 3.05) is 6.54 Å². The van der Waals surface area contributed by atoms with Crippen molar-refractivity contribution >= 4 is 34.7 Å². The fourth-order valence-corrected chi connectivity index (χ4v) is 1.72. The third kappa shape index (κ3) is 4.71. The summed E-state index contributed by atoms with van der Waals surface area (Å²) in [5.41, 5.74) is 6.87. The highest BCUT2D eigenvalue weighted by Crippen LogP contribution is 2.15. The zero-order chi connectivity index (χ0) is 12.8. The first-order valence-electron chi connectivity index (χ1n) is 5.33. The van der Waals surface area contributed by atoms with Crippen LogP contribution in [0.4, 0.5) is 0 Å². The van der Waals surface area contributed by atoms with Crippen LogP contribution in [0.3, 0.4) is 0 Å². The number of nitrogens with two attached hydrogens (primary N) is 1. The van der Waals surface area contributed by atoms with Crippen LogP contribution in [0.5, 0.6) is 0 Å². The third-order valence-corrected chi connectivity index (χ3v) is 2.77. The fraction of sp³-hybridized carbons (Fsp3) is 0.333. The van der Waals surface area contributed by atoms with E-state index in [9.17, 15) is 4.79 Å². The molecule has 0 aliphatic carbocycles. The number of benzene rings is 1. The smallest absolute Gasteiger partial charge is 0.251 e. The van der Waals surface area contributed by atoms with Crippen LogP contribution in [0.2, 0.25) is 5.02 Å². The van der Waals surface area contributed by atoms with Gasteiger partial charge in [0.15, 0.2) is 0 Å². The lowest BCUT2D eigenvalue weighted by molar-refractivity contribution is 0.0953. The lowest BCUT2D eigenvalue weighted by atomic mass is 10.1. The molecule has 0 fully saturated rings. The minimum atomic E-state index is -0.118. The molecule has 0 saturated carbocycles. The van der Waals surface area contributed by atoms with Gasteiger partial charge in [0.1, 0.15) is 0 Å². The third-order valence-electron chi connectivity index (χ3n) is 2.33. The molecule has 0 spiro atoms. The average molecular weight is 271 g/mol. The first kappa shape index (κ1) is 13.9. The Bertz CT molecular complexity index is 435. The Balaban J connectivity index is 2.52. The largest absolute Gasteiger partial charge is 0.393 e. The summed E-state index contributed by atoms with van der Waals surface area (Å²) in [7, 11) is 0. The number of hydrogen-bond donors (Lipinski definition) is 2. The van der Waals surface area contributed by atoms with Gasteiger partial charge >= 0.3 is 0 Å². The minimum absolute atomic E-state index is 0.118. The summed E-state index contributed by atoms with van der Waals surface area (Å²) in [6.45, 7) is 2.43. The molecule has 0 radical (unpaired) electrons. The van der Waals surface area contributed by atoms with Crippen molar-refractivity contribution < 1.29 is 4.79 Å². The zero-order valence-electron chi connectivity index (χ0n) is 9.63. The number of nitrogens with one attached hydrogen (secondary N) is 1. The Labute approximate surface area is 111 Å². The van der Waals surface area contributed by atoms with Gasteiger partial charge < -0.3 is 11.1 Å². The first-order valence-corrected chi connectivity index (χ1v) is 6.12. The van der Waals surface area contributed by atoms with Crippen molar-refractivity contribution in [3.05, 3.63) is 34.3 Å². The maximum Gasteiger partial charge on any atom is 0.251 e. The lowest BCUT2D eigenvalue weighted by Gasteiger charge is -2.07. The van der Waals surface area contributed by atoms with E-state index in [2.05, 4.69) is 5.32 Å². The summed E-state index contributed by atoms with van der Waals surface area (Å²) < 4.78 is 0. The zero-order valence-corrected chi connectivity index (χ0v) is 11.2. The molecule has 1 aromatic rings. The molecule has 0 unspecified atom stereocenters. The van der Waals surface area contributed by atoms with Gasteiger partial charge in [-0.3, -0.25) is 4.79 Å². The number of aryl methyl sites for hydroxylation is 1. The molecule has 17 heavy (non-hydrogen) atoms. The van der Waals surface area contributed by atoms with E-state index in [0.717, 1.165) is 12.0 Å². The number of hydrogen-bond acceptors (Lipinski definition) is 2. The molecule has 0 atom stereocenters. The van der Waals surface area contributed by atoms with E-state index in [4.69, 9.17) is 29.6 Å². The number of rotatable bonds is 5. The molecule has 3 nitrogen and oxygen atoms in total. The summed E-state index contributed by atoms with van der Waals surface area (Å²) in [5.74, 6) is -0.118. The molecule has 92 valence electrons. The molecule has 1 rings (SSSR count). The van der Waals surface area contributed by atoms with Crippen molar-refractivity contribution in [1.29, 1.82) is 0 Å². The topological polar surface area (TPSA) is 55.1 Å². The van der Waals surface area contributed by atoms with Crippen LogP contribution in [0.25, 0.3) is 0 Å². The van der Waals surface area contributed by atoms with Gasteiger partial charge in [0.25, 0.3) is 5.91 Å². The molecule has 5 heteroatoms. The van der Waals surface area contributed by atoms with Crippen molar-refractivity contribution in [2.24, 2.45) is 5.73 Å². The van der Waals surface area contributed by atoms with Gasteiger partial charge in [-0.05, 0) is 37.5 Å². The molecule has 0 saturated heterocycles. The monoisotopic (exact) mass is 270 g/mol. The Kier molecular flexibility index (Phi) is 5.38. The van der Waals surface area contributed by atoms with Gasteiger partial charge in [-0.2, -0.15) is 0 Å². The Morgan fingerprint density at radius 3 is 2.88 bits per heavy atom. The van der Waals surface area contributed by atoms with Crippen molar-refractivity contribution in [1.82, 2.24) is 5.32 Å². The highest BCUT2D eigenvalue weighted by atomic mass is 35.5. The van der Waals surface area contributed by atoms with Gasteiger partial charge in [0.2, 0.25) is 0 Å². The summed E-state index contributed by atoms with van der Waals surface area (Å²) in [6, 6.07) is 5.26. The Hall–Kier alpha value is -1.13. The number of carbonyl (C=O) groups is 1. The minimum Gasteiger partial charge on any atom is -0.393 e. The van der Waals surface area contributed by atoms with Gasteiger partial charge in [-0.15, -0.1) is 0 Å². The van der Waals surface area contributed by atoms with Crippen LogP contribution in [0.15, 0.2) is 18.2 Å². The Morgan fingerprint density at radius 1 is 1.53 bits per heavy atom. The quantitative estimate of drug-likeness (QED) is 0.638. The van der Waals surface area contributed by atoms with E-state index in [1.165, 1.54) is 0 Å². The fourth-order valence-electron chi connectivity index (χ4n) is 1.40. The summed E-state index contributed by atoms with van der Waals surface area (Å²) >= 11 is 10.6. The summed E-state index contributed by atoms with van der Waals surface area (Å²) in [6.07, 6.45) is 1.39. The number of thiocarbonyl (C=S) groups is 1. The van der Waals surface area contributed by atoms with Crippen LogP contribution in [-0.2, 0) is 0 Å². The predicted molar refractivity (Wildman–Crippen MR) is 74.5 cm³/mol. The van der Waals surface area contributed by atoms with E-state index >= 15 is 0 Å². The summed E-state index contributed by atoms with van der Waals surface area (Å²) in [5, 5.41) is 3.37. The van der Waals surface area contributed by atoms with Gasteiger partial charge in [-0.25, -0.2) is 0 Å². The van der Waals surface area contributed by atoms with Crippen molar-refractivity contribution in [3.63, 3.8) is 0 Å². The SMILES string of the molecule is Cc1ccc(Cl)cc1C(=O)NCCCC(N)=S. The lowest BCUT2D eigenvalue weighted by Crippen LogP contribution is -2.26. The molecule has 0 bridgehead atoms. The highest BCUT2D eigenvalue weighted by molar-refractivity contribution is 7.80. The molecule has 0 aliphatic heterocycles. The normalized spacial score (nSPS) is 10.0. The number of halogens is 1. The second-order valence-electron chi connectivity index (χ2n) is 3.79. The predicted octanol–water partition coefficient (Wildman–Crippen LogP) is 2.44. The molecule has 3 N–H and O–H groups in total. The van der Waals surface area contributed by atoms with E-state index in [0.29, 0.717) is 28.5 Å². The van der Waals surface area contributed by atoms with Crippen LogP contribution >= 0.6 is 23.8 Å². The van der Waals surface area contributed by atoms with Crippen molar-refractivity contribution in [3.8, 4) is 0 Å². The van der Waals surface area contributed by atoms with E-state index in [1.807, 2.05) is 13.0 Å². The molecular weight excluding hydrogens is 256 g/mol. The van der Waals surface area contributed by atoms with Gasteiger partial charge in [0.05, 0.1) is 4.99 Å². The second kappa shape index (κ2) is 6.57. The average Bonchev–Trinajstić information content (AvgIpc) is 2.27. The van der Waals surface area contributed by atoms with E-state index < -0.39 is 0 Å². The number of carbonyl (C=O) groups excluding carboxylic acids is 1. The molecule has 1 amide bonds.